The molecule has 2 amide bonds. The van der Waals surface area contributed by atoms with Gasteiger partial charge in [0.05, 0.1) is 23.3 Å². The minimum atomic E-state index is -0.264. The Morgan fingerprint density at radius 2 is 1.79 bits per heavy atom. The number of anilines is 1. The van der Waals surface area contributed by atoms with Crippen LogP contribution in [-0.2, 0) is 4.79 Å². The van der Waals surface area contributed by atoms with E-state index in [-0.39, 0.29) is 36.4 Å². The number of nitrogens with zero attached hydrogens (tertiary/aromatic N) is 3. The number of likely N-dealkylation sites (tertiary alicyclic amines) is 1. The molecule has 1 aliphatic heterocycles. The van der Waals surface area contributed by atoms with Crippen LogP contribution >= 0.6 is 11.3 Å². The second-order valence-corrected chi connectivity index (χ2v) is 10.1. The zero-order valence-corrected chi connectivity index (χ0v) is 21.9. The third kappa shape index (κ3) is 5.73. The summed E-state index contributed by atoms with van der Waals surface area (Å²) in [5, 5.41) is 6.58. The first-order valence-corrected chi connectivity index (χ1v) is 13.5. The number of nitrogens with one attached hydrogen (secondary N) is 1. The van der Waals surface area contributed by atoms with Crippen LogP contribution in [0.4, 0.5) is 5.69 Å². The Kier molecular flexibility index (Phi) is 7.74. The van der Waals surface area contributed by atoms with E-state index in [1.54, 1.807) is 43.0 Å². The van der Waals surface area contributed by atoms with Gasteiger partial charge >= 0.3 is 0 Å². The van der Waals surface area contributed by atoms with Gasteiger partial charge in [-0.15, -0.1) is 11.3 Å². The summed E-state index contributed by atoms with van der Waals surface area (Å²) in [6.07, 6.45) is 3.64. The number of carbonyl (C=O) groups excluding carboxylic acids is 3. The van der Waals surface area contributed by atoms with E-state index in [4.69, 9.17) is 4.74 Å². The van der Waals surface area contributed by atoms with Gasteiger partial charge in [0.2, 0.25) is 5.91 Å². The molecular formula is C29H28N4O4S. The summed E-state index contributed by atoms with van der Waals surface area (Å²) >= 11 is 1.48. The summed E-state index contributed by atoms with van der Waals surface area (Å²) in [6, 6.07) is 16.4. The highest BCUT2D eigenvalue weighted by atomic mass is 32.1. The third-order valence-electron chi connectivity index (χ3n) is 6.81. The van der Waals surface area contributed by atoms with Gasteiger partial charge in [-0.1, -0.05) is 18.2 Å². The van der Waals surface area contributed by atoms with Gasteiger partial charge in [0.25, 0.3) is 5.91 Å². The molecule has 194 valence electrons. The van der Waals surface area contributed by atoms with Crippen molar-refractivity contribution in [3.05, 3.63) is 82.4 Å². The van der Waals surface area contributed by atoms with Crippen molar-refractivity contribution < 1.29 is 19.1 Å². The number of rotatable bonds is 8. The quantitative estimate of drug-likeness (QED) is 0.311. The number of piperidine rings is 1. The highest BCUT2D eigenvalue weighted by molar-refractivity contribution is 7.10. The molecule has 8 nitrogen and oxygen atoms in total. The number of Topliss-reactive ketones (excluding diaryl/α,β-unsaturated/α-hetero) is 1. The highest BCUT2D eigenvalue weighted by Crippen LogP contribution is 2.31. The molecule has 1 aliphatic rings. The number of aromatic nitrogens is 2. The lowest BCUT2D eigenvalue weighted by Gasteiger charge is -2.31. The predicted molar refractivity (Wildman–Crippen MR) is 147 cm³/mol. The first kappa shape index (κ1) is 25.5. The fourth-order valence-corrected chi connectivity index (χ4v) is 5.62. The number of methoxy groups -OCH3 is 1. The molecule has 0 aliphatic carbocycles. The van der Waals surface area contributed by atoms with E-state index in [1.807, 2.05) is 35.2 Å². The maximum absolute atomic E-state index is 12.9. The fourth-order valence-electron chi connectivity index (χ4n) is 4.65. The van der Waals surface area contributed by atoms with E-state index in [9.17, 15) is 14.4 Å². The van der Waals surface area contributed by atoms with Crippen molar-refractivity contribution in [1.82, 2.24) is 14.9 Å². The monoisotopic (exact) mass is 528 g/mol. The Hall–Kier alpha value is -4.11. The Morgan fingerprint density at radius 3 is 2.55 bits per heavy atom. The zero-order chi connectivity index (χ0) is 26.5. The van der Waals surface area contributed by atoms with Gasteiger partial charge in [-0.2, -0.15) is 0 Å². The number of pyridine rings is 1. The van der Waals surface area contributed by atoms with E-state index >= 15 is 0 Å². The average molecular weight is 529 g/mol. The van der Waals surface area contributed by atoms with Gasteiger partial charge in [0.15, 0.2) is 5.78 Å². The molecular weight excluding hydrogens is 500 g/mol. The van der Waals surface area contributed by atoms with Gasteiger partial charge < -0.3 is 15.0 Å². The summed E-state index contributed by atoms with van der Waals surface area (Å²) < 4.78 is 5.12. The molecule has 0 radical (unpaired) electrons. The third-order valence-corrected chi connectivity index (χ3v) is 7.82. The van der Waals surface area contributed by atoms with Crippen molar-refractivity contribution in [3.63, 3.8) is 0 Å². The number of hydrogen-bond donors (Lipinski definition) is 1. The summed E-state index contributed by atoms with van der Waals surface area (Å²) in [5.41, 5.74) is 2.35. The van der Waals surface area contributed by atoms with Crippen LogP contribution in [-0.4, -0.2) is 52.7 Å². The SMILES string of the molecule is COc1ccc(C(=O)CCC(=O)N2CCC(c3nc(C(=O)Nc4cccc5cccnc45)cs3)CC2)cc1. The minimum absolute atomic E-state index is 0.00628. The summed E-state index contributed by atoms with van der Waals surface area (Å²) in [4.78, 5) is 48.9. The summed E-state index contributed by atoms with van der Waals surface area (Å²) in [6.45, 7) is 1.23. The smallest absolute Gasteiger partial charge is 0.275 e. The molecule has 0 spiro atoms. The number of ketones is 1. The predicted octanol–water partition coefficient (Wildman–Crippen LogP) is 5.32. The van der Waals surface area contributed by atoms with Crippen LogP contribution in [0.3, 0.4) is 0 Å². The number of amides is 2. The van der Waals surface area contributed by atoms with Crippen LogP contribution in [0.2, 0.25) is 0 Å². The van der Waals surface area contributed by atoms with Crippen LogP contribution in [0.1, 0.15) is 57.5 Å². The van der Waals surface area contributed by atoms with Gasteiger partial charge in [-0.3, -0.25) is 19.4 Å². The van der Waals surface area contributed by atoms with Crippen molar-refractivity contribution in [1.29, 1.82) is 0 Å². The van der Waals surface area contributed by atoms with Crippen LogP contribution < -0.4 is 10.1 Å². The normalized spacial score (nSPS) is 13.9. The summed E-state index contributed by atoms with van der Waals surface area (Å²) in [7, 11) is 1.58. The molecule has 0 atom stereocenters. The molecule has 2 aromatic heterocycles. The first-order chi connectivity index (χ1) is 18.5. The second-order valence-electron chi connectivity index (χ2n) is 9.21. The molecule has 0 saturated carbocycles. The molecule has 9 heteroatoms. The molecule has 1 saturated heterocycles. The van der Waals surface area contributed by atoms with Crippen molar-refractivity contribution >= 4 is 45.5 Å². The molecule has 5 rings (SSSR count). The van der Waals surface area contributed by atoms with Gasteiger partial charge in [0.1, 0.15) is 11.4 Å². The van der Waals surface area contributed by atoms with E-state index < -0.39 is 0 Å². The Morgan fingerprint density at radius 1 is 1.03 bits per heavy atom. The molecule has 0 unspecified atom stereocenters. The van der Waals surface area contributed by atoms with Crippen LogP contribution in [0, 0.1) is 0 Å². The minimum Gasteiger partial charge on any atom is -0.497 e. The number of hydrogen-bond acceptors (Lipinski definition) is 7. The molecule has 2 aromatic carbocycles. The Labute approximate surface area is 224 Å². The largest absolute Gasteiger partial charge is 0.497 e. The fraction of sp³-hybridized carbons (Fsp3) is 0.276. The number of fused-ring (bicyclic) bond motifs is 1. The maximum Gasteiger partial charge on any atom is 0.275 e. The van der Waals surface area contributed by atoms with Gasteiger partial charge in [-0.25, -0.2) is 4.98 Å². The lowest BCUT2D eigenvalue weighted by Crippen LogP contribution is -2.38. The van der Waals surface area contributed by atoms with Crippen molar-refractivity contribution in [2.45, 2.75) is 31.6 Å². The number of carbonyl (C=O) groups is 3. The summed E-state index contributed by atoms with van der Waals surface area (Å²) in [5.74, 6) is 0.568. The lowest BCUT2D eigenvalue weighted by atomic mass is 9.97. The lowest BCUT2D eigenvalue weighted by molar-refractivity contribution is -0.132. The van der Waals surface area contributed by atoms with E-state index in [0.29, 0.717) is 35.8 Å². The number of thiazole rings is 1. The Bertz CT molecular complexity index is 1450. The van der Waals surface area contributed by atoms with Crippen LogP contribution in [0.15, 0.2) is 66.2 Å². The number of para-hydroxylation sites is 1. The van der Waals surface area contributed by atoms with Crippen molar-refractivity contribution in [2.24, 2.45) is 0 Å². The molecule has 0 bridgehead atoms. The van der Waals surface area contributed by atoms with Crippen LogP contribution in [0.5, 0.6) is 5.75 Å². The van der Waals surface area contributed by atoms with Gasteiger partial charge in [-0.05, 0) is 49.2 Å². The average Bonchev–Trinajstić information content (AvgIpc) is 3.47. The Balaban J connectivity index is 1.12. The topological polar surface area (TPSA) is 101 Å². The highest BCUT2D eigenvalue weighted by Gasteiger charge is 2.26. The van der Waals surface area contributed by atoms with E-state index in [2.05, 4.69) is 15.3 Å². The number of benzene rings is 2. The standard InChI is InChI=1S/C29H28N4O4S/c1-37-22-9-7-19(8-10-22)25(34)11-12-26(35)33-16-13-21(14-17-33)29-32-24(18-38-29)28(36)31-23-6-2-4-20-5-3-15-30-27(20)23/h2-10,15,18,21H,11-14,16-17H2,1H3,(H,31,36). The zero-order valence-electron chi connectivity index (χ0n) is 21.1. The second kappa shape index (κ2) is 11.5. The van der Waals surface area contributed by atoms with Crippen LogP contribution in [0.25, 0.3) is 10.9 Å². The molecule has 4 aromatic rings. The van der Waals surface area contributed by atoms with E-state index in [1.165, 1.54) is 11.3 Å². The first-order valence-electron chi connectivity index (χ1n) is 12.6. The number of ether oxygens (including phenoxy) is 1. The maximum atomic E-state index is 12.9. The molecule has 1 fully saturated rings. The molecule has 1 N–H and O–H groups in total. The van der Waals surface area contributed by atoms with Crippen molar-refractivity contribution in [2.75, 3.05) is 25.5 Å². The van der Waals surface area contributed by atoms with Gasteiger partial charge in [0, 0.05) is 54.4 Å². The molecule has 38 heavy (non-hydrogen) atoms. The molecule has 3 heterocycles. The van der Waals surface area contributed by atoms with E-state index in [0.717, 1.165) is 28.8 Å². The van der Waals surface area contributed by atoms with Crippen molar-refractivity contribution in [3.8, 4) is 5.75 Å².